The molecule has 1 aromatic carbocycles. The Hall–Kier alpha value is -4.07. The number of anilines is 2. The summed E-state index contributed by atoms with van der Waals surface area (Å²) in [6.45, 7) is 4.32. The normalized spacial score (nSPS) is 17.8. The van der Waals surface area contributed by atoms with Crippen LogP contribution in [0.4, 0.5) is 30.5 Å². The van der Waals surface area contributed by atoms with E-state index in [-0.39, 0.29) is 23.6 Å². The number of hydrogen-bond donors (Lipinski definition) is 1. The number of nitro groups is 1. The molecule has 5 rings (SSSR count). The molecule has 1 atom stereocenters. The van der Waals surface area contributed by atoms with Crippen molar-refractivity contribution in [1.29, 1.82) is 0 Å². The Morgan fingerprint density at radius 3 is 2.49 bits per heavy atom. The van der Waals surface area contributed by atoms with E-state index in [1.165, 1.54) is 18.3 Å². The molecule has 0 saturated carbocycles. The van der Waals surface area contributed by atoms with E-state index >= 15 is 0 Å². The van der Waals surface area contributed by atoms with Crippen molar-refractivity contribution in [3.05, 3.63) is 64.5 Å². The molecule has 14 heteroatoms. The fourth-order valence-electron chi connectivity index (χ4n) is 4.33. The van der Waals surface area contributed by atoms with Gasteiger partial charge in [-0.2, -0.15) is 0 Å². The van der Waals surface area contributed by atoms with Gasteiger partial charge in [0.05, 0.1) is 6.04 Å². The van der Waals surface area contributed by atoms with Crippen LogP contribution < -0.4 is 24.6 Å². The summed E-state index contributed by atoms with van der Waals surface area (Å²) in [5.74, 6) is 0.388. The molecule has 1 unspecified atom stereocenters. The highest BCUT2D eigenvalue weighted by molar-refractivity contribution is 5.51. The van der Waals surface area contributed by atoms with Crippen LogP contribution in [0.5, 0.6) is 11.8 Å². The number of hydrogen-bond acceptors (Lipinski definition) is 9. The Bertz CT molecular complexity index is 1230. The number of piperazine rings is 1. The maximum Gasteiger partial charge on any atom is 0.573 e. The fourth-order valence-corrected chi connectivity index (χ4v) is 4.33. The summed E-state index contributed by atoms with van der Waals surface area (Å²) in [7, 11) is 0. The van der Waals surface area contributed by atoms with Crippen molar-refractivity contribution in [2.24, 2.45) is 0 Å². The minimum Gasteiger partial charge on any atom is -0.444 e. The van der Waals surface area contributed by atoms with E-state index in [1.807, 2.05) is 18.3 Å². The molecule has 0 radical (unpaired) electrons. The number of rotatable bonds is 7. The van der Waals surface area contributed by atoms with Crippen LogP contribution in [0.1, 0.15) is 5.56 Å². The van der Waals surface area contributed by atoms with Crippen molar-refractivity contribution in [2.75, 3.05) is 42.6 Å². The van der Waals surface area contributed by atoms with E-state index in [0.29, 0.717) is 32.8 Å². The summed E-state index contributed by atoms with van der Waals surface area (Å²) in [4.78, 5) is 23.1. The lowest BCUT2D eigenvalue weighted by atomic mass is 10.2. The number of alkyl halides is 3. The molecule has 0 amide bonds. The number of aromatic nitrogens is 3. The van der Waals surface area contributed by atoms with Crippen LogP contribution >= 0.6 is 0 Å². The van der Waals surface area contributed by atoms with Gasteiger partial charge in [0.1, 0.15) is 24.4 Å². The molecule has 11 nitrogen and oxygen atoms in total. The Labute approximate surface area is 209 Å². The second kappa shape index (κ2) is 10.1. The van der Waals surface area contributed by atoms with Crippen LogP contribution in [0.25, 0.3) is 0 Å². The summed E-state index contributed by atoms with van der Waals surface area (Å²) in [5, 5.41) is 14.3. The van der Waals surface area contributed by atoms with Gasteiger partial charge in [0.15, 0.2) is 0 Å². The van der Waals surface area contributed by atoms with Crippen molar-refractivity contribution in [3.63, 3.8) is 0 Å². The molecule has 196 valence electrons. The predicted molar refractivity (Wildman–Crippen MR) is 127 cm³/mol. The van der Waals surface area contributed by atoms with Gasteiger partial charge in [-0.3, -0.25) is 4.57 Å². The van der Waals surface area contributed by atoms with Gasteiger partial charge in [-0.05, 0) is 40.8 Å². The third-order valence-electron chi connectivity index (χ3n) is 6.19. The zero-order chi connectivity index (χ0) is 26.0. The van der Waals surface area contributed by atoms with Crippen molar-refractivity contribution >= 4 is 17.3 Å². The molecule has 37 heavy (non-hydrogen) atoms. The lowest BCUT2D eigenvalue weighted by Crippen LogP contribution is -2.46. The van der Waals surface area contributed by atoms with Gasteiger partial charge in [0, 0.05) is 56.1 Å². The average Bonchev–Trinajstić information content (AvgIpc) is 3.32. The van der Waals surface area contributed by atoms with Gasteiger partial charge in [-0.1, -0.05) is 6.07 Å². The van der Waals surface area contributed by atoms with Crippen LogP contribution in [-0.2, 0) is 13.1 Å². The average molecular weight is 519 g/mol. The van der Waals surface area contributed by atoms with Gasteiger partial charge in [-0.25, -0.2) is 4.98 Å². The van der Waals surface area contributed by atoms with E-state index in [9.17, 15) is 23.3 Å². The van der Waals surface area contributed by atoms with Gasteiger partial charge in [0.25, 0.3) is 0 Å². The lowest BCUT2D eigenvalue weighted by molar-refractivity contribution is -0.389. The smallest absolute Gasteiger partial charge is 0.444 e. The highest BCUT2D eigenvalue weighted by atomic mass is 19.4. The Balaban J connectivity index is 1.09. The maximum absolute atomic E-state index is 12.4. The number of fused-ring (bicyclic) bond motifs is 1. The van der Waals surface area contributed by atoms with Crippen LogP contribution in [0.2, 0.25) is 0 Å². The molecule has 1 saturated heterocycles. The zero-order valence-electron chi connectivity index (χ0n) is 19.6. The first kappa shape index (κ1) is 24.6. The topological polar surface area (TPSA) is 111 Å². The first-order valence-electron chi connectivity index (χ1n) is 11.6. The van der Waals surface area contributed by atoms with Gasteiger partial charge in [0.2, 0.25) is 0 Å². The lowest BCUT2D eigenvalue weighted by Gasteiger charge is -2.36. The number of nitrogens with one attached hydrogen (secondary N) is 1. The minimum absolute atomic E-state index is 0.0249. The molecule has 1 N–H and O–H groups in total. The Morgan fingerprint density at radius 1 is 1.11 bits per heavy atom. The molecule has 2 aliphatic heterocycles. The second-order valence-corrected chi connectivity index (χ2v) is 8.72. The molecule has 1 fully saturated rings. The largest absolute Gasteiger partial charge is 0.573 e. The van der Waals surface area contributed by atoms with Crippen LogP contribution in [0, 0.1) is 10.1 Å². The fraction of sp³-hybridized carbons (Fsp3) is 0.391. The van der Waals surface area contributed by atoms with E-state index in [1.54, 1.807) is 16.7 Å². The highest BCUT2D eigenvalue weighted by Crippen LogP contribution is 2.26. The van der Waals surface area contributed by atoms with Crippen molar-refractivity contribution in [1.82, 2.24) is 19.9 Å². The van der Waals surface area contributed by atoms with E-state index in [2.05, 4.69) is 29.8 Å². The number of pyridine rings is 1. The standard InChI is InChI=1S/C23H24F3N7O4/c24-23(25,26)37-19-4-2-18(3-5-19)30-7-9-31(10-8-30)20-6-1-16(12-28-20)11-27-17-13-32-14-21(33(34)35)29-22(32)36-15-17/h1-6,12,14,17,27H,7-11,13,15H2. The number of benzene rings is 1. The zero-order valence-corrected chi connectivity index (χ0v) is 19.6. The van der Waals surface area contributed by atoms with E-state index in [4.69, 9.17) is 4.74 Å². The summed E-state index contributed by atoms with van der Waals surface area (Å²) < 4.78 is 48.1. The molecule has 2 aromatic heterocycles. The summed E-state index contributed by atoms with van der Waals surface area (Å²) >= 11 is 0. The van der Waals surface area contributed by atoms with Crippen molar-refractivity contribution in [2.45, 2.75) is 25.5 Å². The van der Waals surface area contributed by atoms with Gasteiger partial charge >= 0.3 is 18.2 Å². The molecule has 2 aliphatic rings. The number of ether oxygens (including phenoxy) is 2. The van der Waals surface area contributed by atoms with Crippen LogP contribution in [0.15, 0.2) is 48.8 Å². The maximum atomic E-state index is 12.4. The Kier molecular flexibility index (Phi) is 6.74. The number of imidazole rings is 1. The molecule has 0 aliphatic carbocycles. The summed E-state index contributed by atoms with van der Waals surface area (Å²) in [6.07, 6.45) is -1.52. The predicted octanol–water partition coefficient (Wildman–Crippen LogP) is 2.96. The third-order valence-corrected chi connectivity index (χ3v) is 6.19. The molecular weight excluding hydrogens is 495 g/mol. The first-order chi connectivity index (χ1) is 17.7. The number of halogens is 3. The molecule has 0 bridgehead atoms. The van der Waals surface area contributed by atoms with Gasteiger partial charge in [-0.15, -0.1) is 13.2 Å². The summed E-state index contributed by atoms with van der Waals surface area (Å²) in [6, 6.07) is 10.1. The molecule has 3 aromatic rings. The Morgan fingerprint density at radius 2 is 1.84 bits per heavy atom. The van der Waals surface area contributed by atoms with Crippen LogP contribution in [-0.4, -0.2) is 64.6 Å². The van der Waals surface area contributed by atoms with Crippen molar-refractivity contribution in [3.8, 4) is 11.8 Å². The molecule has 4 heterocycles. The van der Waals surface area contributed by atoms with E-state index in [0.717, 1.165) is 30.2 Å². The monoisotopic (exact) mass is 519 g/mol. The van der Waals surface area contributed by atoms with Crippen molar-refractivity contribution < 1.29 is 27.6 Å². The highest BCUT2D eigenvalue weighted by Gasteiger charge is 2.31. The number of nitrogens with zero attached hydrogens (tertiary/aromatic N) is 6. The SMILES string of the molecule is O=[N+]([O-])c1cn2c(n1)OCC(NCc1ccc(N3CCN(c4ccc(OC(F)(F)F)cc4)CC3)nc1)C2. The third kappa shape index (κ3) is 6.02. The summed E-state index contributed by atoms with van der Waals surface area (Å²) in [5.41, 5.74) is 1.83. The van der Waals surface area contributed by atoms with Crippen LogP contribution in [0.3, 0.4) is 0 Å². The quantitative estimate of drug-likeness (QED) is 0.372. The first-order valence-corrected chi connectivity index (χ1v) is 11.6. The van der Waals surface area contributed by atoms with E-state index < -0.39 is 11.3 Å². The minimum atomic E-state index is -4.70. The van der Waals surface area contributed by atoms with Gasteiger partial charge < -0.3 is 34.7 Å². The molecule has 0 spiro atoms. The molecular formula is C23H24F3N7O4. The second-order valence-electron chi connectivity index (χ2n) is 8.72.